The van der Waals surface area contributed by atoms with Gasteiger partial charge in [-0.1, -0.05) is 0 Å². The van der Waals surface area contributed by atoms with E-state index in [2.05, 4.69) is 10.4 Å². The van der Waals surface area contributed by atoms with Gasteiger partial charge >= 0.3 is 0 Å². The van der Waals surface area contributed by atoms with Crippen LogP contribution >= 0.6 is 0 Å². The van der Waals surface area contributed by atoms with E-state index in [0.29, 0.717) is 5.69 Å². The highest BCUT2D eigenvalue weighted by atomic mass is 19.1. The molecule has 1 amide bonds. The minimum Gasteiger partial charge on any atom is -0.388 e. The fraction of sp³-hybridized carbons (Fsp3) is 0.333. The first-order valence-corrected chi connectivity index (χ1v) is 6.88. The molecule has 5 nitrogen and oxygen atoms in total. The van der Waals surface area contributed by atoms with E-state index in [-0.39, 0.29) is 24.0 Å². The number of nitrogens with zero attached hydrogens (tertiary/aromatic N) is 2. The number of carbonyl (C=O) groups is 1. The van der Waals surface area contributed by atoms with Gasteiger partial charge in [0.1, 0.15) is 5.82 Å². The Labute approximate surface area is 121 Å². The lowest BCUT2D eigenvalue weighted by Crippen LogP contribution is -2.47. The Kier molecular flexibility index (Phi) is 3.47. The predicted octanol–water partition coefficient (Wildman–Crippen LogP) is 1.66. The quantitative estimate of drug-likeness (QED) is 0.899. The van der Waals surface area contributed by atoms with Crippen molar-refractivity contribution in [3.05, 3.63) is 48.0 Å². The molecule has 1 aromatic heterocycles. The first-order valence-electron chi connectivity index (χ1n) is 6.88. The van der Waals surface area contributed by atoms with Gasteiger partial charge in [-0.3, -0.25) is 4.79 Å². The average Bonchev–Trinajstić information content (AvgIpc) is 2.93. The van der Waals surface area contributed by atoms with Crippen LogP contribution in [0.2, 0.25) is 0 Å². The van der Waals surface area contributed by atoms with Crippen LogP contribution in [-0.4, -0.2) is 32.9 Å². The van der Waals surface area contributed by atoms with Gasteiger partial charge in [-0.15, -0.1) is 0 Å². The Bertz CT molecular complexity index is 647. The van der Waals surface area contributed by atoms with E-state index in [1.54, 1.807) is 24.4 Å². The molecule has 0 bridgehead atoms. The third-order valence-corrected chi connectivity index (χ3v) is 3.78. The molecule has 6 heteroatoms. The van der Waals surface area contributed by atoms with E-state index in [0.717, 1.165) is 19.3 Å². The van der Waals surface area contributed by atoms with Crippen molar-refractivity contribution < 1.29 is 14.3 Å². The number of hydrogen-bond donors (Lipinski definition) is 2. The van der Waals surface area contributed by atoms with Crippen molar-refractivity contribution in [3.8, 4) is 5.69 Å². The van der Waals surface area contributed by atoms with E-state index in [9.17, 15) is 14.3 Å². The molecule has 0 unspecified atom stereocenters. The van der Waals surface area contributed by atoms with Gasteiger partial charge < -0.3 is 10.4 Å². The van der Waals surface area contributed by atoms with E-state index < -0.39 is 5.60 Å². The molecule has 0 radical (unpaired) electrons. The van der Waals surface area contributed by atoms with Crippen molar-refractivity contribution in [1.82, 2.24) is 15.1 Å². The molecule has 21 heavy (non-hydrogen) atoms. The second-order valence-corrected chi connectivity index (χ2v) is 5.38. The summed E-state index contributed by atoms with van der Waals surface area (Å²) < 4.78 is 14.4. The van der Waals surface area contributed by atoms with E-state index in [1.165, 1.54) is 16.8 Å². The Morgan fingerprint density at radius 1 is 1.33 bits per heavy atom. The van der Waals surface area contributed by atoms with Crippen molar-refractivity contribution in [2.45, 2.75) is 24.9 Å². The summed E-state index contributed by atoms with van der Waals surface area (Å²) in [5.41, 5.74) is 0.185. The summed E-state index contributed by atoms with van der Waals surface area (Å²) in [6, 6.07) is 7.43. The molecule has 1 heterocycles. The van der Waals surface area contributed by atoms with Gasteiger partial charge in [-0.2, -0.15) is 5.10 Å². The van der Waals surface area contributed by atoms with Gasteiger partial charge in [0.15, 0.2) is 5.69 Å². The zero-order chi connectivity index (χ0) is 14.9. The zero-order valence-corrected chi connectivity index (χ0v) is 11.4. The van der Waals surface area contributed by atoms with Crippen LogP contribution in [0.25, 0.3) is 5.69 Å². The Morgan fingerprint density at radius 3 is 2.67 bits per heavy atom. The summed E-state index contributed by atoms with van der Waals surface area (Å²) in [6.07, 6.45) is 4.07. The van der Waals surface area contributed by atoms with Crippen molar-refractivity contribution in [2.24, 2.45) is 0 Å². The van der Waals surface area contributed by atoms with Gasteiger partial charge in [-0.25, -0.2) is 9.07 Å². The Morgan fingerprint density at radius 2 is 2.05 bits per heavy atom. The molecule has 0 saturated heterocycles. The summed E-state index contributed by atoms with van der Waals surface area (Å²) in [4.78, 5) is 12.0. The molecular formula is C15H16FN3O2. The molecule has 2 N–H and O–H groups in total. The first-order chi connectivity index (χ1) is 10.1. The number of aromatic nitrogens is 2. The van der Waals surface area contributed by atoms with Gasteiger partial charge in [0.05, 0.1) is 11.3 Å². The highest BCUT2D eigenvalue weighted by Crippen LogP contribution is 2.30. The van der Waals surface area contributed by atoms with Gasteiger partial charge in [0.2, 0.25) is 0 Å². The maximum absolute atomic E-state index is 12.9. The van der Waals surface area contributed by atoms with Crippen LogP contribution < -0.4 is 5.32 Å². The highest BCUT2D eigenvalue weighted by Gasteiger charge is 2.34. The largest absolute Gasteiger partial charge is 0.388 e. The normalized spacial score (nSPS) is 16.3. The van der Waals surface area contributed by atoms with Gasteiger partial charge in [0, 0.05) is 12.7 Å². The van der Waals surface area contributed by atoms with Crippen molar-refractivity contribution in [1.29, 1.82) is 0 Å². The maximum atomic E-state index is 12.9. The molecule has 110 valence electrons. The summed E-state index contributed by atoms with van der Waals surface area (Å²) in [5.74, 6) is -0.645. The van der Waals surface area contributed by atoms with Crippen molar-refractivity contribution in [2.75, 3.05) is 6.54 Å². The van der Waals surface area contributed by atoms with Crippen LogP contribution in [0.3, 0.4) is 0 Å². The molecule has 1 aromatic carbocycles. The second kappa shape index (κ2) is 5.29. The number of halogens is 1. The van der Waals surface area contributed by atoms with E-state index >= 15 is 0 Å². The smallest absolute Gasteiger partial charge is 0.271 e. The lowest BCUT2D eigenvalue weighted by molar-refractivity contribution is -0.0300. The lowest BCUT2D eigenvalue weighted by atomic mass is 9.80. The summed E-state index contributed by atoms with van der Waals surface area (Å²) >= 11 is 0. The number of aliphatic hydroxyl groups is 1. The SMILES string of the molecule is O=C(NCC1(O)CCC1)c1ccn(-c2ccc(F)cc2)n1. The zero-order valence-electron chi connectivity index (χ0n) is 11.4. The minimum atomic E-state index is -0.755. The number of rotatable bonds is 4. The van der Waals surface area contributed by atoms with Gasteiger partial charge in [0.25, 0.3) is 5.91 Å². The Hall–Kier alpha value is -2.21. The lowest BCUT2D eigenvalue weighted by Gasteiger charge is -2.36. The predicted molar refractivity (Wildman–Crippen MR) is 74.7 cm³/mol. The van der Waals surface area contributed by atoms with Crippen LogP contribution in [0, 0.1) is 5.82 Å². The molecular weight excluding hydrogens is 273 g/mol. The number of amides is 1. The average molecular weight is 289 g/mol. The molecule has 2 aromatic rings. The summed E-state index contributed by atoms with van der Waals surface area (Å²) in [7, 11) is 0. The molecule has 1 aliphatic carbocycles. The first kappa shape index (κ1) is 13.8. The summed E-state index contributed by atoms with van der Waals surface area (Å²) in [6.45, 7) is 0.245. The fourth-order valence-electron chi connectivity index (χ4n) is 2.28. The van der Waals surface area contributed by atoms with Crippen LogP contribution in [-0.2, 0) is 0 Å². The monoisotopic (exact) mass is 289 g/mol. The number of hydrogen-bond acceptors (Lipinski definition) is 3. The molecule has 1 fully saturated rings. The topological polar surface area (TPSA) is 67.2 Å². The third kappa shape index (κ3) is 2.95. The molecule has 0 atom stereocenters. The number of benzene rings is 1. The third-order valence-electron chi connectivity index (χ3n) is 3.78. The standard InChI is InChI=1S/C15H16FN3O2/c16-11-2-4-12(5-3-11)19-9-6-13(18-19)14(20)17-10-15(21)7-1-8-15/h2-6,9,21H,1,7-8,10H2,(H,17,20). The van der Waals surface area contributed by atoms with Crippen molar-refractivity contribution >= 4 is 5.91 Å². The fourth-order valence-corrected chi connectivity index (χ4v) is 2.28. The molecule has 0 spiro atoms. The van der Waals surface area contributed by atoms with Crippen LogP contribution in [0.15, 0.2) is 36.5 Å². The molecule has 1 saturated carbocycles. The van der Waals surface area contributed by atoms with Crippen LogP contribution in [0.4, 0.5) is 4.39 Å². The molecule has 1 aliphatic rings. The van der Waals surface area contributed by atoms with E-state index in [1.807, 2.05) is 0 Å². The Balaban J connectivity index is 1.66. The molecule has 0 aliphatic heterocycles. The number of carbonyl (C=O) groups excluding carboxylic acids is 1. The van der Waals surface area contributed by atoms with Crippen LogP contribution in [0.5, 0.6) is 0 Å². The molecule has 3 rings (SSSR count). The minimum absolute atomic E-state index is 0.245. The second-order valence-electron chi connectivity index (χ2n) is 5.38. The number of nitrogens with one attached hydrogen (secondary N) is 1. The summed E-state index contributed by atoms with van der Waals surface area (Å²) in [5, 5.41) is 16.8. The van der Waals surface area contributed by atoms with Gasteiger partial charge in [-0.05, 0) is 49.6 Å². The maximum Gasteiger partial charge on any atom is 0.271 e. The van der Waals surface area contributed by atoms with Crippen LogP contribution in [0.1, 0.15) is 29.8 Å². The highest BCUT2D eigenvalue weighted by molar-refractivity contribution is 5.92. The van der Waals surface area contributed by atoms with Crippen molar-refractivity contribution in [3.63, 3.8) is 0 Å². The van der Waals surface area contributed by atoms with E-state index in [4.69, 9.17) is 0 Å².